The van der Waals surface area contributed by atoms with Gasteiger partial charge in [-0.2, -0.15) is 0 Å². The zero-order valence-corrected chi connectivity index (χ0v) is 13.3. The van der Waals surface area contributed by atoms with Crippen LogP contribution >= 0.6 is 24.2 Å². The number of amides is 1. The van der Waals surface area contributed by atoms with Crippen molar-refractivity contribution in [1.82, 2.24) is 10.2 Å². The molecule has 0 bridgehead atoms. The van der Waals surface area contributed by atoms with Crippen LogP contribution in [0.15, 0.2) is 29.2 Å². The maximum Gasteiger partial charge on any atom is 0.254 e. The summed E-state index contributed by atoms with van der Waals surface area (Å²) < 4.78 is 0. The summed E-state index contributed by atoms with van der Waals surface area (Å²) in [5.41, 5.74) is 0.861. The van der Waals surface area contributed by atoms with Crippen LogP contribution in [0, 0.1) is 11.8 Å². The molecule has 2 aliphatic rings. The van der Waals surface area contributed by atoms with Crippen LogP contribution in [0.5, 0.6) is 0 Å². The smallest absolute Gasteiger partial charge is 0.254 e. The molecule has 0 spiro atoms. The van der Waals surface area contributed by atoms with E-state index >= 15 is 0 Å². The van der Waals surface area contributed by atoms with Crippen LogP contribution < -0.4 is 5.32 Å². The lowest BCUT2D eigenvalue weighted by Gasteiger charge is -2.34. The lowest BCUT2D eigenvalue weighted by molar-refractivity contribution is 0.0639. The number of hydrogen-bond donors (Lipinski definition) is 1. The molecular weight excluding hydrogens is 292 g/mol. The van der Waals surface area contributed by atoms with Crippen LogP contribution in [0.3, 0.4) is 0 Å². The number of rotatable bonds is 2. The van der Waals surface area contributed by atoms with Crippen molar-refractivity contribution >= 4 is 30.1 Å². The van der Waals surface area contributed by atoms with Crippen molar-refractivity contribution in [3.63, 3.8) is 0 Å². The number of carbonyl (C=O) groups is 1. The van der Waals surface area contributed by atoms with Crippen LogP contribution in [0.1, 0.15) is 16.8 Å². The summed E-state index contributed by atoms with van der Waals surface area (Å²) in [6.45, 7) is 4.02. The Balaban J connectivity index is 0.00000147. The van der Waals surface area contributed by atoms with E-state index in [0.29, 0.717) is 5.92 Å². The Labute approximate surface area is 130 Å². The summed E-state index contributed by atoms with van der Waals surface area (Å²) in [6, 6.07) is 7.93. The first kappa shape index (κ1) is 15.7. The number of likely N-dealkylation sites (tertiary alicyclic amines) is 1. The van der Waals surface area contributed by atoms with Crippen LogP contribution in [0.2, 0.25) is 0 Å². The maximum absolute atomic E-state index is 12.7. The highest BCUT2D eigenvalue weighted by Crippen LogP contribution is 2.29. The fourth-order valence-electron chi connectivity index (χ4n) is 3.21. The second-order valence-electron chi connectivity index (χ2n) is 5.42. The molecule has 0 aromatic heterocycles. The van der Waals surface area contributed by atoms with Crippen molar-refractivity contribution in [2.24, 2.45) is 11.8 Å². The predicted molar refractivity (Wildman–Crippen MR) is 85.8 cm³/mol. The summed E-state index contributed by atoms with van der Waals surface area (Å²) >= 11 is 1.65. The minimum absolute atomic E-state index is 0. The third-order valence-electron chi connectivity index (χ3n) is 4.33. The molecule has 1 N–H and O–H groups in total. The van der Waals surface area contributed by atoms with Gasteiger partial charge < -0.3 is 10.2 Å². The molecule has 5 heteroatoms. The van der Waals surface area contributed by atoms with Crippen molar-refractivity contribution in [1.29, 1.82) is 0 Å². The van der Waals surface area contributed by atoms with E-state index < -0.39 is 0 Å². The van der Waals surface area contributed by atoms with Gasteiger partial charge in [-0.3, -0.25) is 4.79 Å². The van der Waals surface area contributed by atoms with Crippen LogP contribution in [0.25, 0.3) is 0 Å². The van der Waals surface area contributed by atoms with Crippen molar-refractivity contribution in [3.05, 3.63) is 29.8 Å². The Morgan fingerprint density at radius 3 is 2.85 bits per heavy atom. The van der Waals surface area contributed by atoms with Gasteiger partial charge in [0.15, 0.2) is 0 Å². The molecule has 2 atom stereocenters. The van der Waals surface area contributed by atoms with Gasteiger partial charge in [-0.05, 0) is 49.7 Å². The summed E-state index contributed by atoms with van der Waals surface area (Å²) in [7, 11) is 0. The molecule has 2 heterocycles. The number of thioether (sulfide) groups is 1. The largest absolute Gasteiger partial charge is 0.338 e. The molecule has 3 rings (SSSR count). The van der Waals surface area contributed by atoms with Gasteiger partial charge in [0.25, 0.3) is 5.91 Å². The van der Waals surface area contributed by atoms with E-state index in [1.807, 2.05) is 35.4 Å². The number of nitrogens with one attached hydrogen (secondary N) is 1. The monoisotopic (exact) mass is 312 g/mol. The topological polar surface area (TPSA) is 32.3 Å². The number of carbonyl (C=O) groups excluding carboxylic acids is 1. The zero-order valence-electron chi connectivity index (χ0n) is 11.7. The third kappa shape index (κ3) is 2.97. The van der Waals surface area contributed by atoms with E-state index in [1.165, 1.54) is 0 Å². The number of benzene rings is 1. The predicted octanol–water partition coefficient (Wildman–Crippen LogP) is 2.51. The summed E-state index contributed by atoms with van der Waals surface area (Å²) in [5.74, 6) is 1.63. The van der Waals surface area contributed by atoms with Crippen molar-refractivity contribution < 1.29 is 4.79 Å². The molecular formula is C15H21ClN2OS. The summed E-state index contributed by atoms with van der Waals surface area (Å²) in [4.78, 5) is 15.8. The second kappa shape index (κ2) is 6.83. The SMILES string of the molecule is CSc1ccccc1C(=O)N1CCC2CNCC2C1.Cl. The number of halogens is 1. The van der Waals surface area contributed by atoms with Gasteiger partial charge in [0.05, 0.1) is 5.56 Å². The number of piperidine rings is 1. The Morgan fingerprint density at radius 2 is 2.05 bits per heavy atom. The van der Waals surface area contributed by atoms with Crippen LogP contribution in [-0.2, 0) is 0 Å². The first-order valence-corrected chi connectivity index (χ1v) is 8.15. The summed E-state index contributed by atoms with van der Waals surface area (Å²) in [6.07, 6.45) is 3.17. The highest BCUT2D eigenvalue weighted by atomic mass is 35.5. The van der Waals surface area contributed by atoms with Crippen LogP contribution in [-0.4, -0.2) is 43.2 Å². The van der Waals surface area contributed by atoms with E-state index in [0.717, 1.165) is 49.0 Å². The fourth-order valence-corrected chi connectivity index (χ4v) is 3.80. The molecule has 0 saturated carbocycles. The molecule has 20 heavy (non-hydrogen) atoms. The lowest BCUT2D eigenvalue weighted by atomic mass is 9.88. The van der Waals surface area contributed by atoms with Gasteiger partial charge in [-0.15, -0.1) is 24.2 Å². The first-order chi connectivity index (χ1) is 9.29. The Morgan fingerprint density at radius 1 is 1.30 bits per heavy atom. The third-order valence-corrected chi connectivity index (χ3v) is 5.12. The van der Waals surface area contributed by atoms with Crippen molar-refractivity contribution in [2.75, 3.05) is 32.4 Å². The van der Waals surface area contributed by atoms with Crippen molar-refractivity contribution in [2.45, 2.75) is 11.3 Å². The number of nitrogens with zero attached hydrogens (tertiary/aromatic N) is 1. The highest BCUT2D eigenvalue weighted by molar-refractivity contribution is 7.98. The molecule has 1 aromatic carbocycles. The van der Waals surface area contributed by atoms with Gasteiger partial charge in [-0.1, -0.05) is 12.1 Å². The van der Waals surface area contributed by atoms with Gasteiger partial charge in [0.1, 0.15) is 0 Å². The Kier molecular flexibility index (Phi) is 5.35. The first-order valence-electron chi connectivity index (χ1n) is 6.92. The van der Waals surface area contributed by atoms with Gasteiger partial charge in [0, 0.05) is 18.0 Å². The number of fused-ring (bicyclic) bond motifs is 1. The van der Waals surface area contributed by atoms with Gasteiger partial charge >= 0.3 is 0 Å². The van der Waals surface area contributed by atoms with Crippen LogP contribution in [0.4, 0.5) is 0 Å². The standard InChI is InChI=1S/C15H20N2OS.ClH/c1-19-14-5-3-2-4-13(14)15(18)17-7-6-11-8-16-9-12(11)10-17;/h2-5,11-12,16H,6-10H2,1H3;1H. The van der Waals surface area contributed by atoms with E-state index in [4.69, 9.17) is 0 Å². The molecule has 3 nitrogen and oxygen atoms in total. The van der Waals surface area contributed by atoms with E-state index in [9.17, 15) is 4.79 Å². The van der Waals surface area contributed by atoms with E-state index in [-0.39, 0.29) is 18.3 Å². The zero-order chi connectivity index (χ0) is 13.2. The minimum Gasteiger partial charge on any atom is -0.338 e. The summed E-state index contributed by atoms with van der Waals surface area (Å²) in [5, 5.41) is 3.44. The highest BCUT2D eigenvalue weighted by Gasteiger charge is 2.34. The fraction of sp³-hybridized carbons (Fsp3) is 0.533. The molecule has 2 aliphatic heterocycles. The average molecular weight is 313 g/mol. The van der Waals surface area contributed by atoms with Gasteiger partial charge in [-0.25, -0.2) is 0 Å². The molecule has 110 valence electrons. The van der Waals surface area contributed by atoms with Gasteiger partial charge in [0.2, 0.25) is 0 Å². The van der Waals surface area contributed by atoms with E-state index in [1.54, 1.807) is 11.8 Å². The lowest BCUT2D eigenvalue weighted by Crippen LogP contribution is -2.43. The number of hydrogen-bond acceptors (Lipinski definition) is 3. The molecule has 2 unspecified atom stereocenters. The van der Waals surface area contributed by atoms with Crippen molar-refractivity contribution in [3.8, 4) is 0 Å². The molecule has 2 fully saturated rings. The molecule has 0 aliphatic carbocycles. The Bertz CT molecular complexity index is 483. The quantitative estimate of drug-likeness (QED) is 0.852. The maximum atomic E-state index is 12.7. The Hall–Kier alpha value is -0.710. The molecule has 0 radical (unpaired) electrons. The van der Waals surface area contributed by atoms with E-state index in [2.05, 4.69) is 5.32 Å². The average Bonchev–Trinajstić information content (AvgIpc) is 2.93. The second-order valence-corrected chi connectivity index (χ2v) is 6.27. The minimum atomic E-state index is 0. The molecule has 1 aromatic rings. The normalized spacial score (nSPS) is 24.9. The molecule has 2 saturated heterocycles. The molecule has 1 amide bonds.